The first kappa shape index (κ1) is 21.4. The SMILES string of the molecule is CCN(CC)S(=O)(=O)c1ccc(CNC(=O)CSc2nncn2CC)cc1. The summed E-state index contributed by atoms with van der Waals surface area (Å²) in [4.78, 5) is 12.3. The third-order valence-corrected chi connectivity index (χ3v) is 7.05. The Morgan fingerprint density at radius 3 is 2.44 bits per heavy atom. The van der Waals surface area contributed by atoms with E-state index in [2.05, 4.69) is 15.5 Å². The maximum Gasteiger partial charge on any atom is 0.243 e. The third-order valence-electron chi connectivity index (χ3n) is 4.01. The number of carbonyl (C=O) groups is 1. The van der Waals surface area contributed by atoms with Gasteiger partial charge in [-0.05, 0) is 24.6 Å². The van der Waals surface area contributed by atoms with E-state index >= 15 is 0 Å². The molecule has 1 N–H and O–H groups in total. The molecule has 8 nitrogen and oxygen atoms in total. The summed E-state index contributed by atoms with van der Waals surface area (Å²) < 4.78 is 28.2. The highest BCUT2D eigenvalue weighted by molar-refractivity contribution is 7.99. The van der Waals surface area contributed by atoms with Crippen LogP contribution >= 0.6 is 11.8 Å². The van der Waals surface area contributed by atoms with Crippen LogP contribution in [0.1, 0.15) is 26.3 Å². The van der Waals surface area contributed by atoms with Crippen LogP contribution in [0.2, 0.25) is 0 Å². The van der Waals surface area contributed by atoms with Gasteiger partial charge in [-0.1, -0.05) is 37.7 Å². The zero-order chi connectivity index (χ0) is 19.9. The number of sulfonamides is 1. The number of hydrogen-bond acceptors (Lipinski definition) is 6. The van der Waals surface area contributed by atoms with Crippen molar-refractivity contribution in [1.29, 1.82) is 0 Å². The minimum Gasteiger partial charge on any atom is -0.351 e. The number of nitrogens with zero attached hydrogens (tertiary/aromatic N) is 4. The van der Waals surface area contributed by atoms with E-state index in [9.17, 15) is 13.2 Å². The molecular formula is C17H25N5O3S2. The number of carbonyl (C=O) groups excluding carboxylic acids is 1. The molecule has 0 saturated carbocycles. The molecule has 0 aliphatic heterocycles. The number of nitrogens with one attached hydrogen (secondary N) is 1. The lowest BCUT2D eigenvalue weighted by Crippen LogP contribution is -2.30. The second kappa shape index (κ2) is 9.86. The van der Waals surface area contributed by atoms with Crippen LogP contribution in [0.15, 0.2) is 40.6 Å². The Hall–Kier alpha value is -1.91. The van der Waals surface area contributed by atoms with E-state index in [0.29, 0.717) is 24.8 Å². The summed E-state index contributed by atoms with van der Waals surface area (Å²) in [5, 5.41) is 11.3. The van der Waals surface area contributed by atoms with Crippen LogP contribution in [-0.4, -0.2) is 52.2 Å². The molecule has 2 rings (SSSR count). The van der Waals surface area contributed by atoms with Crippen LogP contribution in [0.25, 0.3) is 0 Å². The lowest BCUT2D eigenvalue weighted by Gasteiger charge is -2.18. The van der Waals surface area contributed by atoms with Crippen molar-refractivity contribution >= 4 is 27.7 Å². The Labute approximate surface area is 164 Å². The lowest BCUT2D eigenvalue weighted by atomic mass is 10.2. The van der Waals surface area contributed by atoms with E-state index in [4.69, 9.17) is 0 Å². The first-order valence-electron chi connectivity index (χ1n) is 8.78. The van der Waals surface area contributed by atoms with Crippen molar-refractivity contribution in [2.45, 2.75) is 43.9 Å². The van der Waals surface area contributed by atoms with Crippen LogP contribution in [0.3, 0.4) is 0 Å². The Kier molecular flexibility index (Phi) is 7.81. The Balaban J connectivity index is 1.88. The van der Waals surface area contributed by atoms with Crippen LogP contribution < -0.4 is 5.32 Å². The summed E-state index contributed by atoms with van der Waals surface area (Å²) in [6.07, 6.45) is 1.63. The van der Waals surface area contributed by atoms with E-state index in [1.807, 2.05) is 25.3 Å². The van der Waals surface area contributed by atoms with Gasteiger partial charge < -0.3 is 9.88 Å². The molecule has 0 aliphatic carbocycles. The van der Waals surface area contributed by atoms with E-state index in [1.165, 1.54) is 16.1 Å². The van der Waals surface area contributed by atoms with Crippen LogP contribution in [0, 0.1) is 0 Å². The van der Waals surface area contributed by atoms with Gasteiger partial charge in [-0.3, -0.25) is 4.79 Å². The smallest absolute Gasteiger partial charge is 0.243 e. The molecule has 10 heteroatoms. The normalized spacial score (nSPS) is 11.7. The molecule has 0 saturated heterocycles. The number of aromatic nitrogens is 3. The van der Waals surface area contributed by atoms with E-state index in [0.717, 1.165) is 12.1 Å². The highest BCUT2D eigenvalue weighted by atomic mass is 32.2. The summed E-state index contributed by atoms with van der Waals surface area (Å²) in [6, 6.07) is 6.59. The van der Waals surface area contributed by atoms with Crippen molar-refractivity contribution in [3.63, 3.8) is 0 Å². The number of amides is 1. The average Bonchev–Trinajstić information content (AvgIpc) is 3.13. The van der Waals surface area contributed by atoms with Crippen molar-refractivity contribution in [3.05, 3.63) is 36.2 Å². The van der Waals surface area contributed by atoms with Gasteiger partial charge in [0, 0.05) is 26.2 Å². The molecule has 0 bridgehead atoms. The second-order valence-electron chi connectivity index (χ2n) is 5.70. The Morgan fingerprint density at radius 2 is 1.85 bits per heavy atom. The van der Waals surface area contributed by atoms with Gasteiger partial charge in [0.25, 0.3) is 0 Å². The number of hydrogen-bond donors (Lipinski definition) is 1. The van der Waals surface area contributed by atoms with Crippen molar-refractivity contribution in [3.8, 4) is 0 Å². The minimum absolute atomic E-state index is 0.120. The molecule has 0 aliphatic rings. The largest absolute Gasteiger partial charge is 0.351 e. The second-order valence-corrected chi connectivity index (χ2v) is 8.58. The minimum atomic E-state index is -3.46. The number of rotatable bonds is 10. The van der Waals surface area contributed by atoms with Crippen molar-refractivity contribution in [2.75, 3.05) is 18.8 Å². The molecule has 1 heterocycles. The molecule has 0 unspecified atom stereocenters. The molecule has 0 radical (unpaired) electrons. The number of thioether (sulfide) groups is 1. The molecule has 1 aromatic carbocycles. The van der Waals surface area contributed by atoms with Crippen LogP contribution in [0.4, 0.5) is 0 Å². The van der Waals surface area contributed by atoms with Gasteiger partial charge in [0.2, 0.25) is 15.9 Å². The van der Waals surface area contributed by atoms with Gasteiger partial charge >= 0.3 is 0 Å². The van der Waals surface area contributed by atoms with Gasteiger partial charge in [-0.25, -0.2) is 8.42 Å². The highest BCUT2D eigenvalue weighted by Gasteiger charge is 2.21. The molecule has 0 fully saturated rings. The fourth-order valence-electron chi connectivity index (χ4n) is 2.45. The molecule has 0 atom stereocenters. The Morgan fingerprint density at radius 1 is 1.19 bits per heavy atom. The van der Waals surface area contributed by atoms with Crippen molar-refractivity contribution < 1.29 is 13.2 Å². The van der Waals surface area contributed by atoms with Crippen molar-refractivity contribution in [1.82, 2.24) is 24.4 Å². The van der Waals surface area contributed by atoms with Gasteiger partial charge in [-0.15, -0.1) is 10.2 Å². The molecule has 1 aromatic heterocycles. The highest BCUT2D eigenvalue weighted by Crippen LogP contribution is 2.17. The summed E-state index contributed by atoms with van der Waals surface area (Å²) in [5.41, 5.74) is 0.837. The fourth-order valence-corrected chi connectivity index (χ4v) is 4.71. The van der Waals surface area contributed by atoms with Gasteiger partial charge in [0.05, 0.1) is 10.6 Å². The average molecular weight is 412 g/mol. The zero-order valence-corrected chi connectivity index (χ0v) is 17.4. The van der Waals surface area contributed by atoms with Crippen molar-refractivity contribution in [2.24, 2.45) is 0 Å². The van der Waals surface area contributed by atoms with Crippen LogP contribution in [-0.2, 0) is 27.9 Å². The molecular weight excluding hydrogens is 386 g/mol. The molecule has 1 amide bonds. The summed E-state index contributed by atoms with van der Waals surface area (Å²) in [7, 11) is -3.46. The third kappa shape index (κ3) is 5.53. The van der Waals surface area contributed by atoms with Gasteiger partial charge in [0.15, 0.2) is 5.16 Å². The maximum atomic E-state index is 12.5. The van der Waals surface area contributed by atoms with Crippen LogP contribution in [0.5, 0.6) is 0 Å². The lowest BCUT2D eigenvalue weighted by molar-refractivity contribution is -0.118. The molecule has 2 aromatic rings. The number of benzene rings is 1. The molecule has 27 heavy (non-hydrogen) atoms. The monoisotopic (exact) mass is 411 g/mol. The summed E-state index contributed by atoms with van der Waals surface area (Å²) >= 11 is 1.33. The quantitative estimate of drug-likeness (QED) is 0.598. The predicted molar refractivity (Wildman–Crippen MR) is 105 cm³/mol. The molecule has 0 spiro atoms. The fraction of sp³-hybridized carbons (Fsp3) is 0.471. The summed E-state index contributed by atoms with van der Waals surface area (Å²) in [5.74, 6) is 0.123. The van der Waals surface area contributed by atoms with E-state index in [-0.39, 0.29) is 16.6 Å². The van der Waals surface area contributed by atoms with Gasteiger partial charge in [0.1, 0.15) is 6.33 Å². The maximum absolute atomic E-state index is 12.5. The standard InChI is InChI=1S/C17H25N5O3S2/c1-4-21-13-19-20-17(21)26-12-16(23)18-11-14-7-9-15(10-8-14)27(24,25)22(5-2)6-3/h7-10,13H,4-6,11-12H2,1-3H3,(H,18,23). The Bertz CT molecular complexity index is 846. The summed E-state index contributed by atoms with van der Waals surface area (Å²) in [6.45, 7) is 7.56. The predicted octanol–water partition coefficient (Wildman–Crippen LogP) is 1.74. The van der Waals surface area contributed by atoms with E-state index in [1.54, 1.807) is 30.6 Å². The number of aryl methyl sites for hydroxylation is 1. The van der Waals surface area contributed by atoms with E-state index < -0.39 is 10.0 Å². The first-order chi connectivity index (χ1) is 12.9. The first-order valence-corrected chi connectivity index (χ1v) is 11.2. The molecule has 148 valence electrons. The zero-order valence-electron chi connectivity index (χ0n) is 15.8. The van der Waals surface area contributed by atoms with Gasteiger partial charge in [-0.2, -0.15) is 4.31 Å². The topological polar surface area (TPSA) is 97.2 Å².